The van der Waals surface area contributed by atoms with Crippen LogP contribution in [0.2, 0.25) is 0 Å². The normalized spacial score (nSPS) is 33.7. The first kappa shape index (κ1) is 7.50. The van der Waals surface area contributed by atoms with E-state index in [4.69, 9.17) is 16.2 Å². The lowest BCUT2D eigenvalue weighted by molar-refractivity contribution is -0.815. The Bertz CT molecular complexity index is 129. The molecule has 1 aliphatic rings. The lowest BCUT2D eigenvalue weighted by Gasteiger charge is -2.24. The third kappa shape index (κ3) is 1.68. The first-order valence-electron chi connectivity index (χ1n) is 3.57. The van der Waals surface area contributed by atoms with Crippen molar-refractivity contribution in [3.8, 4) is 0 Å². The van der Waals surface area contributed by atoms with Crippen LogP contribution < -0.4 is 10.6 Å². The molecule has 0 aliphatic carbocycles. The molecule has 1 heterocycles. The van der Waals surface area contributed by atoms with Gasteiger partial charge in [0, 0.05) is 12.8 Å². The van der Waals surface area contributed by atoms with E-state index in [0.29, 0.717) is 0 Å². The molecule has 0 radical (unpaired) electrons. The number of rotatable bonds is 0. The SMILES string of the molecule is N=C(N)[NH+]1CCC(O)CC1. The van der Waals surface area contributed by atoms with Gasteiger partial charge < -0.3 is 10.8 Å². The number of likely N-dealkylation sites (tertiary alicyclic amines) is 1. The third-order valence-electron chi connectivity index (χ3n) is 1.94. The Morgan fingerprint density at radius 3 is 2.40 bits per heavy atom. The van der Waals surface area contributed by atoms with Crippen LogP contribution in [0.15, 0.2) is 0 Å². The minimum Gasteiger partial charge on any atom is -0.393 e. The fraction of sp³-hybridized carbons (Fsp3) is 0.833. The molecule has 1 rings (SSSR count). The number of nitrogens with two attached hydrogens (primary N) is 1. The smallest absolute Gasteiger partial charge is 0.290 e. The Kier molecular flexibility index (Phi) is 2.24. The maximum absolute atomic E-state index is 9.08. The number of hydrogen-bond donors (Lipinski definition) is 4. The minimum atomic E-state index is -0.164. The summed E-state index contributed by atoms with van der Waals surface area (Å²) in [5, 5.41) is 16.2. The number of guanidine groups is 1. The van der Waals surface area contributed by atoms with Gasteiger partial charge in [0.1, 0.15) is 0 Å². The van der Waals surface area contributed by atoms with Gasteiger partial charge in [0.2, 0.25) is 0 Å². The van der Waals surface area contributed by atoms with E-state index in [0.717, 1.165) is 30.8 Å². The van der Waals surface area contributed by atoms with Crippen LogP contribution in [-0.4, -0.2) is 30.3 Å². The Morgan fingerprint density at radius 2 is 2.00 bits per heavy atom. The van der Waals surface area contributed by atoms with Gasteiger partial charge in [-0.2, -0.15) is 0 Å². The largest absolute Gasteiger partial charge is 0.393 e. The van der Waals surface area contributed by atoms with E-state index in [9.17, 15) is 0 Å². The zero-order valence-electron chi connectivity index (χ0n) is 5.93. The van der Waals surface area contributed by atoms with Crippen molar-refractivity contribution in [1.29, 1.82) is 5.41 Å². The quantitative estimate of drug-likeness (QED) is 0.233. The van der Waals surface area contributed by atoms with Crippen LogP contribution in [-0.2, 0) is 0 Å². The molecule has 4 nitrogen and oxygen atoms in total. The van der Waals surface area contributed by atoms with Crippen molar-refractivity contribution in [3.63, 3.8) is 0 Å². The third-order valence-corrected chi connectivity index (χ3v) is 1.94. The van der Waals surface area contributed by atoms with Crippen LogP contribution >= 0.6 is 0 Å². The Morgan fingerprint density at radius 1 is 1.50 bits per heavy atom. The molecule has 0 spiro atoms. The molecule has 10 heavy (non-hydrogen) atoms. The molecular weight excluding hydrogens is 130 g/mol. The summed E-state index contributed by atoms with van der Waals surface area (Å²) in [7, 11) is 0. The van der Waals surface area contributed by atoms with Crippen molar-refractivity contribution < 1.29 is 10.0 Å². The van der Waals surface area contributed by atoms with E-state index in [2.05, 4.69) is 0 Å². The second-order valence-electron chi connectivity index (χ2n) is 2.75. The first-order chi connectivity index (χ1) is 4.70. The summed E-state index contributed by atoms with van der Waals surface area (Å²) in [6.45, 7) is 1.60. The summed E-state index contributed by atoms with van der Waals surface area (Å²) in [6.07, 6.45) is 1.38. The second-order valence-corrected chi connectivity index (χ2v) is 2.75. The molecule has 0 aromatic heterocycles. The van der Waals surface area contributed by atoms with Crippen molar-refractivity contribution in [3.05, 3.63) is 0 Å². The highest BCUT2D eigenvalue weighted by atomic mass is 16.3. The maximum atomic E-state index is 9.08. The summed E-state index contributed by atoms with van der Waals surface area (Å²) in [6, 6.07) is 0. The van der Waals surface area contributed by atoms with Crippen LogP contribution in [0.4, 0.5) is 0 Å². The number of aliphatic hydroxyl groups is 1. The highest BCUT2D eigenvalue weighted by Gasteiger charge is 2.21. The van der Waals surface area contributed by atoms with Gasteiger partial charge in [0.15, 0.2) is 0 Å². The van der Waals surface area contributed by atoms with E-state index < -0.39 is 0 Å². The van der Waals surface area contributed by atoms with Crippen molar-refractivity contribution in [1.82, 2.24) is 0 Å². The van der Waals surface area contributed by atoms with Gasteiger partial charge in [-0.3, -0.25) is 4.90 Å². The van der Waals surface area contributed by atoms with Crippen LogP contribution in [0.1, 0.15) is 12.8 Å². The van der Waals surface area contributed by atoms with Gasteiger partial charge >= 0.3 is 0 Å². The number of piperidine rings is 1. The Hall–Kier alpha value is -0.610. The Balaban J connectivity index is 2.33. The predicted octanol–water partition coefficient (Wildman–Crippen LogP) is -2.08. The van der Waals surface area contributed by atoms with Gasteiger partial charge in [-0.05, 0) is 0 Å². The molecule has 0 saturated carbocycles. The molecule has 0 unspecified atom stereocenters. The van der Waals surface area contributed by atoms with E-state index in [1.165, 1.54) is 0 Å². The molecule has 0 aromatic carbocycles. The molecule has 1 aliphatic heterocycles. The first-order valence-corrected chi connectivity index (χ1v) is 3.57. The van der Waals surface area contributed by atoms with Crippen molar-refractivity contribution in [2.24, 2.45) is 5.73 Å². The van der Waals surface area contributed by atoms with Gasteiger partial charge in [-0.15, -0.1) is 0 Å². The van der Waals surface area contributed by atoms with Crippen molar-refractivity contribution >= 4 is 5.96 Å². The fourth-order valence-electron chi connectivity index (χ4n) is 1.22. The van der Waals surface area contributed by atoms with E-state index in [1.807, 2.05) is 0 Å². The number of hydrogen-bond acceptors (Lipinski definition) is 2. The number of quaternary nitrogens is 1. The highest BCUT2D eigenvalue weighted by Crippen LogP contribution is 1.96. The van der Waals surface area contributed by atoms with Gasteiger partial charge in [-0.1, -0.05) is 0 Å². The molecule has 0 aromatic rings. The zero-order valence-corrected chi connectivity index (χ0v) is 5.93. The molecule has 5 N–H and O–H groups in total. The van der Waals surface area contributed by atoms with Gasteiger partial charge in [0.05, 0.1) is 19.2 Å². The van der Waals surface area contributed by atoms with E-state index in [1.54, 1.807) is 0 Å². The van der Waals surface area contributed by atoms with Crippen molar-refractivity contribution in [2.45, 2.75) is 18.9 Å². The zero-order chi connectivity index (χ0) is 7.56. The minimum absolute atomic E-state index is 0.164. The van der Waals surface area contributed by atoms with E-state index in [-0.39, 0.29) is 12.1 Å². The molecular formula is C6H14N3O+. The van der Waals surface area contributed by atoms with Crippen LogP contribution in [0.3, 0.4) is 0 Å². The van der Waals surface area contributed by atoms with Gasteiger partial charge in [0.25, 0.3) is 5.96 Å². The fourth-order valence-corrected chi connectivity index (χ4v) is 1.22. The molecule has 58 valence electrons. The molecule has 1 saturated heterocycles. The lowest BCUT2D eigenvalue weighted by atomic mass is 10.1. The second kappa shape index (κ2) is 2.98. The number of nitrogens with one attached hydrogen (secondary N) is 2. The maximum Gasteiger partial charge on any atom is 0.290 e. The summed E-state index contributed by atoms with van der Waals surface area (Å²) >= 11 is 0. The molecule has 4 heteroatoms. The average molecular weight is 144 g/mol. The lowest BCUT2D eigenvalue weighted by Crippen LogP contribution is -3.17. The summed E-state index contributed by atoms with van der Waals surface area (Å²) < 4.78 is 0. The highest BCUT2D eigenvalue weighted by molar-refractivity contribution is 5.64. The molecule has 0 bridgehead atoms. The standard InChI is InChI=1S/C6H13N3O/c7-6(8)9-3-1-5(10)2-4-9/h5,10H,1-4H2,(H3,7,8)/p+1. The summed E-state index contributed by atoms with van der Waals surface area (Å²) in [4.78, 5) is 1.00. The van der Waals surface area contributed by atoms with E-state index >= 15 is 0 Å². The molecule has 0 amide bonds. The molecule has 1 fully saturated rings. The van der Waals surface area contributed by atoms with Crippen LogP contribution in [0.25, 0.3) is 0 Å². The average Bonchev–Trinajstić information content (AvgIpc) is 1.88. The molecule has 0 atom stereocenters. The Labute approximate surface area is 60.1 Å². The topological polar surface area (TPSA) is 74.5 Å². The number of aliphatic hydroxyl groups excluding tert-OH is 1. The monoisotopic (exact) mass is 144 g/mol. The predicted molar refractivity (Wildman–Crippen MR) is 37.9 cm³/mol. The summed E-state index contributed by atoms with van der Waals surface area (Å²) in [5.41, 5.74) is 5.28. The van der Waals surface area contributed by atoms with Gasteiger partial charge in [-0.25, -0.2) is 5.41 Å². The van der Waals surface area contributed by atoms with Crippen LogP contribution in [0.5, 0.6) is 0 Å². The summed E-state index contributed by atoms with van der Waals surface area (Å²) in [5.74, 6) is 0.201. The van der Waals surface area contributed by atoms with Crippen molar-refractivity contribution in [2.75, 3.05) is 13.1 Å². The van der Waals surface area contributed by atoms with Crippen LogP contribution in [0, 0.1) is 5.41 Å².